The van der Waals surface area contributed by atoms with E-state index in [4.69, 9.17) is 0 Å². The number of hydrogen-bond acceptors (Lipinski definition) is 6. The lowest BCUT2D eigenvalue weighted by atomic mass is 10.0. The van der Waals surface area contributed by atoms with Crippen molar-refractivity contribution < 1.29 is 19.5 Å². The van der Waals surface area contributed by atoms with E-state index in [0.717, 1.165) is 0 Å². The molecule has 0 unspecified atom stereocenters. The largest absolute Gasteiger partial charge is 0.480 e. The molecule has 29 heavy (non-hydrogen) atoms. The second-order valence-electron chi connectivity index (χ2n) is 7.84. The monoisotopic (exact) mass is 401 g/mol. The quantitative estimate of drug-likeness (QED) is 0.616. The number of anilines is 1. The van der Waals surface area contributed by atoms with Gasteiger partial charge in [0.05, 0.1) is 0 Å². The predicted molar refractivity (Wildman–Crippen MR) is 106 cm³/mol. The average Bonchev–Trinajstić information content (AvgIpc) is 3.10. The number of aromatic nitrogens is 2. The minimum absolute atomic E-state index is 0.148. The van der Waals surface area contributed by atoms with E-state index in [-0.39, 0.29) is 17.6 Å². The van der Waals surface area contributed by atoms with Gasteiger partial charge < -0.3 is 20.6 Å². The topological polar surface area (TPSA) is 125 Å². The third-order valence-corrected chi connectivity index (χ3v) is 5.15. The molecule has 0 aromatic carbocycles. The van der Waals surface area contributed by atoms with Crippen LogP contribution in [0, 0.1) is 5.92 Å². The minimum atomic E-state index is -1.01. The first kappa shape index (κ1) is 20.8. The Balaban J connectivity index is 1.74. The standard InChI is InChI=1S/C20H27N5O4/c1-12(2)11-22-20-21-10-9-14(24-20)17(26)23-15-6-4-3-5-13-7-8-16(19(28)29)25(13)18(15)27/h3-4,9-10,12-13,15-16H,5-8,11H2,1-2H3,(H,23,26)(H,28,29)(H,21,22,24)/t13-,15+,16+/m1/s1. The van der Waals surface area contributed by atoms with Crippen LogP contribution in [-0.2, 0) is 9.59 Å². The molecule has 2 amide bonds. The fourth-order valence-corrected chi connectivity index (χ4v) is 3.68. The SMILES string of the molecule is CC(C)CNc1nccc(C(=O)N[C@H]2CC=CC[C@@H]3CC[C@@H](C(=O)O)N3C2=O)n1. The molecule has 3 heterocycles. The summed E-state index contributed by atoms with van der Waals surface area (Å²) in [5, 5.41) is 15.3. The van der Waals surface area contributed by atoms with Crippen molar-refractivity contribution in [1.82, 2.24) is 20.2 Å². The fourth-order valence-electron chi connectivity index (χ4n) is 3.68. The second-order valence-corrected chi connectivity index (χ2v) is 7.84. The van der Waals surface area contributed by atoms with Crippen molar-refractivity contribution in [2.24, 2.45) is 5.92 Å². The van der Waals surface area contributed by atoms with Crippen LogP contribution >= 0.6 is 0 Å². The van der Waals surface area contributed by atoms with Crippen molar-refractivity contribution in [3.05, 3.63) is 30.1 Å². The maximum absolute atomic E-state index is 13.1. The molecule has 2 aliphatic rings. The van der Waals surface area contributed by atoms with Crippen LogP contribution in [0.4, 0.5) is 5.95 Å². The van der Waals surface area contributed by atoms with Crippen LogP contribution in [0.25, 0.3) is 0 Å². The molecule has 1 aromatic heterocycles. The van der Waals surface area contributed by atoms with E-state index in [2.05, 4.69) is 20.6 Å². The Kier molecular flexibility index (Phi) is 6.46. The minimum Gasteiger partial charge on any atom is -0.480 e. The molecule has 0 aliphatic carbocycles. The number of nitrogens with zero attached hydrogens (tertiary/aromatic N) is 3. The van der Waals surface area contributed by atoms with Gasteiger partial charge in [-0.25, -0.2) is 14.8 Å². The molecule has 0 radical (unpaired) electrons. The van der Waals surface area contributed by atoms with Crippen LogP contribution in [0.2, 0.25) is 0 Å². The molecule has 9 heteroatoms. The first-order chi connectivity index (χ1) is 13.9. The number of carbonyl (C=O) groups excluding carboxylic acids is 2. The Morgan fingerprint density at radius 3 is 2.76 bits per heavy atom. The van der Waals surface area contributed by atoms with E-state index in [1.807, 2.05) is 26.0 Å². The summed E-state index contributed by atoms with van der Waals surface area (Å²) in [5.41, 5.74) is 0.151. The summed E-state index contributed by atoms with van der Waals surface area (Å²) < 4.78 is 0. The summed E-state index contributed by atoms with van der Waals surface area (Å²) in [6, 6.07) is -0.337. The van der Waals surface area contributed by atoms with Crippen molar-refractivity contribution >= 4 is 23.7 Å². The van der Waals surface area contributed by atoms with Crippen molar-refractivity contribution in [3.8, 4) is 0 Å². The smallest absolute Gasteiger partial charge is 0.326 e. The van der Waals surface area contributed by atoms with E-state index in [0.29, 0.717) is 44.1 Å². The highest BCUT2D eigenvalue weighted by molar-refractivity contribution is 5.97. The van der Waals surface area contributed by atoms with Crippen molar-refractivity contribution in [3.63, 3.8) is 0 Å². The van der Waals surface area contributed by atoms with Gasteiger partial charge in [-0.05, 0) is 37.7 Å². The average molecular weight is 401 g/mol. The molecule has 3 N–H and O–H groups in total. The molecule has 0 bridgehead atoms. The van der Waals surface area contributed by atoms with Gasteiger partial charge in [0, 0.05) is 18.8 Å². The van der Waals surface area contributed by atoms with E-state index >= 15 is 0 Å². The Bertz CT molecular complexity index is 810. The lowest BCUT2D eigenvalue weighted by Gasteiger charge is -2.32. The zero-order valence-electron chi connectivity index (χ0n) is 16.7. The van der Waals surface area contributed by atoms with Gasteiger partial charge in [0.15, 0.2) is 0 Å². The number of rotatable bonds is 6. The van der Waals surface area contributed by atoms with Crippen LogP contribution in [-0.4, -0.2) is 62.4 Å². The van der Waals surface area contributed by atoms with E-state index in [1.54, 1.807) is 0 Å². The molecular weight excluding hydrogens is 374 g/mol. The van der Waals surface area contributed by atoms with Gasteiger partial charge in [0.2, 0.25) is 11.9 Å². The lowest BCUT2D eigenvalue weighted by molar-refractivity contribution is -0.150. The third kappa shape index (κ3) is 4.90. The number of carboxylic acids is 1. The van der Waals surface area contributed by atoms with Gasteiger partial charge in [0.1, 0.15) is 17.8 Å². The van der Waals surface area contributed by atoms with Crippen molar-refractivity contribution in [2.45, 2.75) is 57.7 Å². The lowest BCUT2D eigenvalue weighted by Crippen LogP contribution is -2.54. The van der Waals surface area contributed by atoms with Crippen LogP contribution in [0.1, 0.15) is 50.0 Å². The molecule has 2 aliphatic heterocycles. The molecule has 1 fully saturated rings. The normalized spacial score (nSPS) is 24.0. The van der Waals surface area contributed by atoms with Crippen molar-refractivity contribution in [2.75, 3.05) is 11.9 Å². The van der Waals surface area contributed by atoms with Crippen LogP contribution in [0.3, 0.4) is 0 Å². The summed E-state index contributed by atoms with van der Waals surface area (Å²) in [6.45, 7) is 4.77. The third-order valence-electron chi connectivity index (χ3n) is 5.15. The number of hydrogen-bond donors (Lipinski definition) is 3. The summed E-state index contributed by atoms with van der Waals surface area (Å²) >= 11 is 0. The van der Waals surface area contributed by atoms with E-state index < -0.39 is 24.0 Å². The van der Waals surface area contributed by atoms with E-state index in [9.17, 15) is 19.5 Å². The summed E-state index contributed by atoms with van der Waals surface area (Å²) in [5.74, 6) is -1.11. The first-order valence-electron chi connectivity index (χ1n) is 9.94. The molecule has 156 valence electrons. The van der Waals surface area contributed by atoms with Gasteiger partial charge in [-0.15, -0.1) is 0 Å². The number of carbonyl (C=O) groups is 3. The molecule has 3 rings (SSSR count). The molecule has 1 aromatic rings. The number of nitrogens with one attached hydrogen (secondary N) is 2. The van der Waals surface area contributed by atoms with Gasteiger partial charge in [0.25, 0.3) is 5.91 Å². The molecule has 3 atom stereocenters. The zero-order chi connectivity index (χ0) is 21.0. The molecular formula is C20H27N5O4. The van der Waals surface area contributed by atoms with Crippen LogP contribution < -0.4 is 10.6 Å². The Labute approximate surface area is 169 Å². The molecule has 1 saturated heterocycles. The van der Waals surface area contributed by atoms with Gasteiger partial charge in [-0.1, -0.05) is 26.0 Å². The van der Waals surface area contributed by atoms with Gasteiger partial charge >= 0.3 is 5.97 Å². The molecule has 9 nitrogen and oxygen atoms in total. The van der Waals surface area contributed by atoms with Gasteiger partial charge in [-0.2, -0.15) is 0 Å². The Morgan fingerprint density at radius 1 is 1.28 bits per heavy atom. The summed E-state index contributed by atoms with van der Waals surface area (Å²) in [4.78, 5) is 47.1. The predicted octanol–water partition coefficient (Wildman–Crippen LogP) is 1.44. The highest BCUT2D eigenvalue weighted by Gasteiger charge is 2.43. The first-order valence-corrected chi connectivity index (χ1v) is 9.94. The highest BCUT2D eigenvalue weighted by atomic mass is 16.4. The number of amides is 2. The van der Waals surface area contributed by atoms with Gasteiger partial charge in [-0.3, -0.25) is 9.59 Å². The zero-order valence-corrected chi connectivity index (χ0v) is 16.7. The maximum atomic E-state index is 13.1. The second kappa shape index (κ2) is 9.02. The number of fused-ring (bicyclic) bond motifs is 1. The van der Waals surface area contributed by atoms with Crippen molar-refractivity contribution in [1.29, 1.82) is 0 Å². The van der Waals surface area contributed by atoms with E-state index in [1.165, 1.54) is 17.2 Å². The maximum Gasteiger partial charge on any atom is 0.326 e. The number of carboxylic acid groups (broad SMARTS) is 1. The fraction of sp³-hybridized carbons (Fsp3) is 0.550. The molecule has 0 saturated carbocycles. The Morgan fingerprint density at radius 2 is 2.03 bits per heavy atom. The summed E-state index contributed by atoms with van der Waals surface area (Å²) in [7, 11) is 0. The molecule has 0 spiro atoms. The number of aliphatic carboxylic acids is 1. The Hall–Kier alpha value is -2.97. The van der Waals surface area contributed by atoms with Crippen LogP contribution in [0.15, 0.2) is 24.4 Å². The van der Waals surface area contributed by atoms with Crippen LogP contribution in [0.5, 0.6) is 0 Å². The summed E-state index contributed by atoms with van der Waals surface area (Å²) in [6.07, 6.45) is 7.32. The highest BCUT2D eigenvalue weighted by Crippen LogP contribution is 2.29.